The van der Waals surface area contributed by atoms with Crippen LogP contribution in [0.25, 0.3) is 0 Å². The fourth-order valence-corrected chi connectivity index (χ4v) is 2.97. The van der Waals surface area contributed by atoms with Gasteiger partial charge in [0, 0.05) is 12.6 Å². The predicted molar refractivity (Wildman–Crippen MR) is 66.9 cm³/mol. The highest BCUT2D eigenvalue weighted by molar-refractivity contribution is 5.71. The average molecular weight is 240 g/mol. The van der Waals surface area contributed by atoms with Crippen LogP contribution in [0.2, 0.25) is 0 Å². The van der Waals surface area contributed by atoms with Gasteiger partial charge in [-0.05, 0) is 52.2 Å². The molecule has 0 spiro atoms. The lowest BCUT2D eigenvalue weighted by Gasteiger charge is -2.37. The van der Waals surface area contributed by atoms with Crippen LogP contribution in [-0.4, -0.2) is 61.1 Å². The summed E-state index contributed by atoms with van der Waals surface area (Å²) in [6, 6.07) is 0.667. The van der Waals surface area contributed by atoms with Crippen LogP contribution in [0.5, 0.6) is 0 Å². The molecule has 4 heteroatoms. The highest BCUT2D eigenvalue weighted by Gasteiger charge is 2.27. The van der Waals surface area contributed by atoms with Crippen molar-refractivity contribution >= 4 is 5.97 Å². The van der Waals surface area contributed by atoms with Crippen LogP contribution in [-0.2, 0) is 9.53 Å². The monoisotopic (exact) mass is 240 g/mol. The van der Waals surface area contributed by atoms with Crippen molar-refractivity contribution in [3.8, 4) is 0 Å². The summed E-state index contributed by atoms with van der Waals surface area (Å²) < 4.78 is 5.01. The van der Waals surface area contributed by atoms with E-state index in [-0.39, 0.29) is 5.97 Å². The molecule has 0 bridgehead atoms. The molecule has 2 saturated heterocycles. The Morgan fingerprint density at radius 1 is 1.24 bits per heavy atom. The van der Waals surface area contributed by atoms with Gasteiger partial charge in [-0.15, -0.1) is 0 Å². The molecule has 0 aromatic carbocycles. The van der Waals surface area contributed by atoms with Crippen LogP contribution in [0.4, 0.5) is 0 Å². The van der Waals surface area contributed by atoms with Gasteiger partial charge < -0.3 is 4.74 Å². The zero-order valence-electron chi connectivity index (χ0n) is 10.9. The first kappa shape index (κ1) is 12.8. The van der Waals surface area contributed by atoms with Gasteiger partial charge in [0.2, 0.25) is 0 Å². The minimum Gasteiger partial charge on any atom is -0.465 e. The van der Waals surface area contributed by atoms with Crippen molar-refractivity contribution in [2.75, 3.05) is 39.3 Å². The Bertz CT molecular complexity index is 252. The number of carbonyl (C=O) groups is 1. The van der Waals surface area contributed by atoms with Crippen molar-refractivity contribution in [1.82, 2.24) is 9.80 Å². The molecule has 2 rings (SSSR count). The first-order chi connectivity index (χ1) is 8.29. The molecule has 17 heavy (non-hydrogen) atoms. The number of rotatable bonds is 4. The largest absolute Gasteiger partial charge is 0.465 e. The van der Waals surface area contributed by atoms with Crippen LogP contribution in [0.15, 0.2) is 0 Å². The lowest BCUT2D eigenvalue weighted by atomic mass is 10.0. The molecule has 0 saturated carbocycles. The fraction of sp³-hybridized carbons (Fsp3) is 0.923. The van der Waals surface area contributed by atoms with Crippen molar-refractivity contribution in [2.24, 2.45) is 0 Å². The SMILES string of the molecule is CCOC(=O)CN1CCC[C@@H](N2CCCC2)C1. The lowest BCUT2D eigenvalue weighted by molar-refractivity contribution is -0.144. The number of nitrogens with zero attached hydrogens (tertiary/aromatic N) is 2. The van der Waals surface area contributed by atoms with Crippen molar-refractivity contribution < 1.29 is 9.53 Å². The fourth-order valence-electron chi connectivity index (χ4n) is 2.97. The van der Waals surface area contributed by atoms with Crippen molar-refractivity contribution in [1.29, 1.82) is 0 Å². The maximum atomic E-state index is 11.5. The van der Waals surface area contributed by atoms with Crippen molar-refractivity contribution in [3.05, 3.63) is 0 Å². The van der Waals surface area contributed by atoms with Crippen molar-refractivity contribution in [2.45, 2.75) is 38.6 Å². The summed E-state index contributed by atoms with van der Waals surface area (Å²) in [5.41, 5.74) is 0. The van der Waals surface area contributed by atoms with Crippen LogP contribution >= 0.6 is 0 Å². The van der Waals surface area contributed by atoms with E-state index in [0.29, 0.717) is 19.2 Å². The second-order valence-electron chi connectivity index (χ2n) is 5.08. The van der Waals surface area contributed by atoms with Crippen LogP contribution in [0, 0.1) is 0 Å². The Morgan fingerprint density at radius 3 is 2.71 bits per heavy atom. The van der Waals surface area contributed by atoms with E-state index in [1.165, 1.54) is 38.8 Å². The molecule has 0 amide bonds. The molecule has 2 aliphatic heterocycles. The van der Waals surface area contributed by atoms with Gasteiger partial charge in [-0.1, -0.05) is 0 Å². The van der Waals surface area contributed by atoms with E-state index in [0.717, 1.165) is 13.1 Å². The third-order valence-corrected chi connectivity index (χ3v) is 3.80. The number of hydrogen-bond acceptors (Lipinski definition) is 4. The molecular weight excluding hydrogens is 216 g/mol. The first-order valence-electron chi connectivity index (χ1n) is 6.91. The molecular formula is C13H24N2O2. The minimum absolute atomic E-state index is 0.0745. The Kier molecular flexibility index (Phi) is 4.80. The summed E-state index contributed by atoms with van der Waals surface area (Å²) in [5.74, 6) is -0.0745. The molecule has 98 valence electrons. The molecule has 0 N–H and O–H groups in total. The number of likely N-dealkylation sites (tertiary alicyclic amines) is 2. The molecule has 0 aliphatic carbocycles. The van der Waals surface area contributed by atoms with E-state index in [1.807, 2.05) is 6.92 Å². The highest BCUT2D eigenvalue weighted by Crippen LogP contribution is 2.20. The number of esters is 1. The second-order valence-corrected chi connectivity index (χ2v) is 5.08. The number of ether oxygens (including phenoxy) is 1. The van der Waals surface area contributed by atoms with Crippen LogP contribution in [0.1, 0.15) is 32.6 Å². The van der Waals surface area contributed by atoms with Gasteiger partial charge in [0.05, 0.1) is 13.2 Å². The van der Waals surface area contributed by atoms with E-state index in [4.69, 9.17) is 4.74 Å². The standard InChI is InChI=1S/C13H24N2O2/c1-2-17-13(16)11-14-7-5-6-12(10-14)15-8-3-4-9-15/h12H,2-11H2,1H3/t12-/m1/s1. The lowest BCUT2D eigenvalue weighted by Crippen LogP contribution is -2.48. The third-order valence-electron chi connectivity index (χ3n) is 3.80. The molecule has 0 aromatic heterocycles. The summed E-state index contributed by atoms with van der Waals surface area (Å²) in [4.78, 5) is 16.3. The summed E-state index contributed by atoms with van der Waals surface area (Å²) in [6.45, 7) is 7.40. The maximum absolute atomic E-state index is 11.5. The third kappa shape index (κ3) is 3.68. The molecule has 0 unspecified atom stereocenters. The van der Waals surface area contributed by atoms with E-state index < -0.39 is 0 Å². The first-order valence-corrected chi connectivity index (χ1v) is 6.91. The molecule has 2 fully saturated rings. The average Bonchev–Trinajstić information content (AvgIpc) is 2.83. The van der Waals surface area contributed by atoms with E-state index >= 15 is 0 Å². The number of hydrogen-bond donors (Lipinski definition) is 0. The molecule has 2 aliphatic rings. The number of carbonyl (C=O) groups excluding carboxylic acids is 1. The van der Waals surface area contributed by atoms with Crippen LogP contribution in [0.3, 0.4) is 0 Å². The molecule has 0 radical (unpaired) electrons. The summed E-state index contributed by atoms with van der Waals surface area (Å²) in [5, 5.41) is 0. The van der Waals surface area contributed by atoms with Crippen LogP contribution < -0.4 is 0 Å². The molecule has 0 aromatic rings. The minimum atomic E-state index is -0.0745. The molecule has 4 nitrogen and oxygen atoms in total. The summed E-state index contributed by atoms with van der Waals surface area (Å²) in [7, 11) is 0. The normalized spacial score (nSPS) is 27.2. The Hall–Kier alpha value is -0.610. The Labute approximate surface area is 104 Å². The van der Waals surface area contributed by atoms with Gasteiger partial charge in [0.25, 0.3) is 0 Å². The highest BCUT2D eigenvalue weighted by atomic mass is 16.5. The maximum Gasteiger partial charge on any atom is 0.320 e. The van der Waals surface area contributed by atoms with Gasteiger partial charge in [-0.25, -0.2) is 0 Å². The topological polar surface area (TPSA) is 32.8 Å². The van der Waals surface area contributed by atoms with E-state index in [2.05, 4.69) is 9.80 Å². The predicted octanol–water partition coefficient (Wildman–Crippen LogP) is 1.11. The number of piperidine rings is 1. The quantitative estimate of drug-likeness (QED) is 0.689. The Morgan fingerprint density at radius 2 is 2.00 bits per heavy atom. The van der Waals surface area contributed by atoms with E-state index in [1.54, 1.807) is 0 Å². The Balaban J connectivity index is 1.77. The molecule has 1 atom stereocenters. The van der Waals surface area contributed by atoms with Crippen molar-refractivity contribution in [3.63, 3.8) is 0 Å². The zero-order valence-corrected chi connectivity index (χ0v) is 10.9. The smallest absolute Gasteiger partial charge is 0.320 e. The van der Waals surface area contributed by atoms with Gasteiger partial charge in [-0.2, -0.15) is 0 Å². The van der Waals surface area contributed by atoms with E-state index in [9.17, 15) is 4.79 Å². The van der Waals surface area contributed by atoms with Gasteiger partial charge >= 0.3 is 5.97 Å². The zero-order chi connectivity index (χ0) is 12.1. The second kappa shape index (κ2) is 6.36. The summed E-state index contributed by atoms with van der Waals surface area (Å²) in [6.07, 6.45) is 5.18. The molecule has 2 heterocycles. The van der Waals surface area contributed by atoms with Gasteiger partial charge in [0.1, 0.15) is 0 Å². The summed E-state index contributed by atoms with van der Waals surface area (Å²) >= 11 is 0. The van der Waals surface area contributed by atoms with Gasteiger partial charge in [0.15, 0.2) is 0 Å². The van der Waals surface area contributed by atoms with Gasteiger partial charge in [-0.3, -0.25) is 14.6 Å².